The van der Waals surface area contributed by atoms with Crippen LogP contribution in [0.2, 0.25) is 0 Å². The van der Waals surface area contributed by atoms with Gasteiger partial charge in [-0.1, -0.05) is 97.1 Å². The number of aromatic nitrogens is 2. The van der Waals surface area contributed by atoms with E-state index in [0.717, 1.165) is 12.8 Å². The van der Waals surface area contributed by atoms with Gasteiger partial charge in [0.25, 0.3) is 0 Å². The van der Waals surface area contributed by atoms with Crippen molar-refractivity contribution in [3.05, 3.63) is 169 Å². The molecule has 2 nitrogen and oxygen atoms in total. The summed E-state index contributed by atoms with van der Waals surface area (Å²) in [5, 5.41) is 2.56. The maximum Gasteiger partial charge on any atom is 0.0538 e. The second-order valence-electron chi connectivity index (χ2n) is 11.8. The Kier molecular flexibility index (Phi) is 5.67. The molecule has 44 heavy (non-hydrogen) atoms. The number of hydrogen-bond acceptors (Lipinski definition) is 0. The van der Waals surface area contributed by atoms with Crippen LogP contribution in [0.15, 0.2) is 158 Å². The van der Waals surface area contributed by atoms with Crippen LogP contribution in [-0.4, -0.2) is 9.13 Å². The van der Waals surface area contributed by atoms with E-state index in [9.17, 15) is 0 Å². The summed E-state index contributed by atoms with van der Waals surface area (Å²) in [5.74, 6) is 0. The molecule has 0 atom stereocenters. The fraction of sp³-hybridized carbons (Fsp3) is 0.0476. The highest BCUT2D eigenvalue weighted by Crippen LogP contribution is 2.43. The first-order valence-electron chi connectivity index (χ1n) is 15.4. The van der Waals surface area contributed by atoms with E-state index in [1.165, 1.54) is 77.8 Å². The largest absolute Gasteiger partial charge is 0.317 e. The Hall–Kier alpha value is -5.60. The van der Waals surface area contributed by atoms with Crippen molar-refractivity contribution < 1.29 is 0 Å². The van der Waals surface area contributed by atoms with Crippen LogP contribution in [0.25, 0.3) is 66.6 Å². The zero-order valence-corrected chi connectivity index (χ0v) is 24.3. The first kappa shape index (κ1) is 24.9. The second-order valence-corrected chi connectivity index (χ2v) is 11.8. The number of nitrogens with zero attached hydrogens (tertiary/aromatic N) is 2. The molecule has 2 heteroatoms. The van der Waals surface area contributed by atoms with Gasteiger partial charge in [-0.3, -0.25) is 0 Å². The Labute approximate surface area is 257 Å². The number of para-hydroxylation sites is 1. The van der Waals surface area contributed by atoms with Crippen LogP contribution in [0.5, 0.6) is 0 Å². The summed E-state index contributed by atoms with van der Waals surface area (Å²) in [6, 6.07) is 55.3. The van der Waals surface area contributed by atoms with E-state index >= 15 is 0 Å². The maximum absolute atomic E-state index is 2.48. The predicted octanol–water partition coefficient (Wildman–Crippen LogP) is 10.7. The molecular weight excluding hydrogens is 532 g/mol. The minimum Gasteiger partial charge on any atom is -0.317 e. The lowest BCUT2D eigenvalue weighted by Gasteiger charge is -2.19. The summed E-state index contributed by atoms with van der Waals surface area (Å²) in [6.45, 7) is 0. The molecule has 0 spiro atoms. The summed E-state index contributed by atoms with van der Waals surface area (Å²) < 4.78 is 4.77. The first-order valence-corrected chi connectivity index (χ1v) is 15.4. The molecule has 0 unspecified atom stereocenters. The molecule has 2 heterocycles. The van der Waals surface area contributed by atoms with E-state index in [2.05, 4.69) is 167 Å². The summed E-state index contributed by atoms with van der Waals surface area (Å²) in [6.07, 6.45) is 4.29. The quantitative estimate of drug-likeness (QED) is 0.202. The summed E-state index contributed by atoms with van der Waals surface area (Å²) in [4.78, 5) is 0. The lowest BCUT2D eigenvalue weighted by atomic mass is 9.87. The van der Waals surface area contributed by atoms with E-state index in [1.54, 1.807) is 0 Å². The van der Waals surface area contributed by atoms with E-state index < -0.39 is 0 Å². The molecule has 0 aliphatic heterocycles. The molecule has 9 rings (SSSR count). The molecule has 0 fully saturated rings. The normalized spacial score (nSPS) is 12.4. The number of fused-ring (bicyclic) bond motifs is 6. The third kappa shape index (κ3) is 3.95. The minimum absolute atomic E-state index is 1.04. The van der Waals surface area contributed by atoms with Crippen LogP contribution in [0.1, 0.15) is 11.3 Å². The monoisotopic (exact) mass is 562 g/mol. The Morgan fingerprint density at radius 3 is 1.93 bits per heavy atom. The van der Waals surface area contributed by atoms with Gasteiger partial charge in [-0.05, 0) is 101 Å². The van der Waals surface area contributed by atoms with Gasteiger partial charge in [0.2, 0.25) is 0 Å². The fourth-order valence-electron chi connectivity index (χ4n) is 7.16. The van der Waals surface area contributed by atoms with Crippen LogP contribution in [0, 0.1) is 0 Å². The van der Waals surface area contributed by atoms with E-state index in [-0.39, 0.29) is 0 Å². The molecule has 0 amide bonds. The van der Waals surface area contributed by atoms with Gasteiger partial charge >= 0.3 is 0 Å². The molecule has 0 saturated carbocycles. The molecule has 0 radical (unpaired) electrons. The van der Waals surface area contributed by atoms with Gasteiger partial charge in [0, 0.05) is 39.6 Å². The Morgan fingerprint density at radius 1 is 0.455 bits per heavy atom. The van der Waals surface area contributed by atoms with Gasteiger partial charge in [0.15, 0.2) is 0 Å². The van der Waals surface area contributed by atoms with Gasteiger partial charge in [0.05, 0.1) is 11.0 Å². The standard InChI is InChI=1S/C42H30N2/c1-3-9-29(10-4-1)30-15-20-35(21-16-30)43-26-25-34-27-32(18-22-39(34)43)33-19-23-40-38(28-33)42-37-14-8-7-11-31(37)17-24-41(42)44(40)36-12-5-2-6-13-36/h1-16,18-23,25-28H,17,24H2. The van der Waals surface area contributed by atoms with Crippen LogP contribution in [-0.2, 0) is 12.8 Å². The number of hydrogen-bond donors (Lipinski definition) is 0. The second kappa shape index (κ2) is 10.00. The first-order chi connectivity index (χ1) is 21.8. The molecule has 1 aliphatic carbocycles. The average Bonchev–Trinajstić information content (AvgIpc) is 3.68. The lowest BCUT2D eigenvalue weighted by Crippen LogP contribution is -2.07. The van der Waals surface area contributed by atoms with Crippen molar-refractivity contribution in [3.8, 4) is 44.8 Å². The third-order valence-electron chi connectivity index (χ3n) is 9.27. The number of benzene rings is 6. The summed E-state index contributed by atoms with van der Waals surface area (Å²) in [7, 11) is 0. The molecule has 8 aromatic rings. The average molecular weight is 563 g/mol. The number of aryl methyl sites for hydroxylation is 1. The van der Waals surface area contributed by atoms with E-state index in [4.69, 9.17) is 0 Å². The minimum atomic E-state index is 1.04. The van der Waals surface area contributed by atoms with Crippen LogP contribution in [0.3, 0.4) is 0 Å². The zero-order chi connectivity index (χ0) is 29.0. The molecule has 208 valence electrons. The lowest BCUT2D eigenvalue weighted by molar-refractivity contribution is 0.865. The smallest absolute Gasteiger partial charge is 0.0538 e. The van der Waals surface area contributed by atoms with Crippen molar-refractivity contribution in [2.24, 2.45) is 0 Å². The van der Waals surface area contributed by atoms with Gasteiger partial charge < -0.3 is 9.13 Å². The van der Waals surface area contributed by atoms with Crippen LogP contribution >= 0.6 is 0 Å². The van der Waals surface area contributed by atoms with Crippen molar-refractivity contribution >= 4 is 21.8 Å². The molecule has 0 N–H and O–H groups in total. The van der Waals surface area contributed by atoms with Crippen molar-refractivity contribution in [2.45, 2.75) is 12.8 Å². The van der Waals surface area contributed by atoms with Gasteiger partial charge in [0.1, 0.15) is 0 Å². The molecule has 6 aromatic carbocycles. The summed E-state index contributed by atoms with van der Waals surface area (Å²) in [5.41, 5.74) is 15.4. The van der Waals surface area contributed by atoms with E-state index in [0.29, 0.717) is 0 Å². The van der Waals surface area contributed by atoms with Crippen LogP contribution < -0.4 is 0 Å². The van der Waals surface area contributed by atoms with Crippen molar-refractivity contribution in [2.75, 3.05) is 0 Å². The predicted molar refractivity (Wildman–Crippen MR) is 184 cm³/mol. The summed E-state index contributed by atoms with van der Waals surface area (Å²) >= 11 is 0. The van der Waals surface area contributed by atoms with Gasteiger partial charge in [-0.2, -0.15) is 0 Å². The third-order valence-corrected chi connectivity index (χ3v) is 9.27. The van der Waals surface area contributed by atoms with E-state index in [1.807, 2.05) is 0 Å². The Morgan fingerprint density at radius 2 is 1.11 bits per heavy atom. The zero-order valence-electron chi connectivity index (χ0n) is 24.3. The molecule has 0 bridgehead atoms. The molecule has 1 aliphatic rings. The van der Waals surface area contributed by atoms with Crippen molar-refractivity contribution in [1.29, 1.82) is 0 Å². The molecular formula is C42H30N2. The highest BCUT2D eigenvalue weighted by Gasteiger charge is 2.25. The molecule has 2 aromatic heterocycles. The number of rotatable bonds is 4. The Balaban J connectivity index is 1.14. The fourth-order valence-corrected chi connectivity index (χ4v) is 7.16. The highest BCUT2D eigenvalue weighted by atomic mass is 15.0. The van der Waals surface area contributed by atoms with Crippen molar-refractivity contribution in [1.82, 2.24) is 9.13 Å². The highest BCUT2D eigenvalue weighted by molar-refractivity contribution is 6.03. The van der Waals surface area contributed by atoms with Gasteiger partial charge in [-0.15, -0.1) is 0 Å². The topological polar surface area (TPSA) is 9.86 Å². The Bertz CT molecular complexity index is 2300. The SMILES string of the molecule is c1ccc(-c2ccc(-n3ccc4cc(-c5ccc6c(c5)c5c(n6-c6ccccc6)CCc6ccccc6-5)ccc43)cc2)cc1. The maximum atomic E-state index is 2.48. The molecule has 0 saturated heterocycles. The van der Waals surface area contributed by atoms with Gasteiger partial charge in [-0.25, -0.2) is 0 Å². The van der Waals surface area contributed by atoms with Crippen LogP contribution in [0.4, 0.5) is 0 Å². The van der Waals surface area contributed by atoms with Crippen molar-refractivity contribution in [3.63, 3.8) is 0 Å².